The number of carbonyl (C=O) groups excluding carboxylic acids is 1. The van der Waals surface area contributed by atoms with Crippen LogP contribution >= 0.6 is 0 Å². The molecule has 4 rings (SSSR count). The highest BCUT2D eigenvalue weighted by molar-refractivity contribution is 5.97. The van der Waals surface area contributed by atoms with Crippen molar-refractivity contribution in [2.75, 3.05) is 0 Å². The van der Waals surface area contributed by atoms with Gasteiger partial charge >= 0.3 is 0 Å². The number of nitrogens with one attached hydrogen (secondary N) is 3. The largest absolute Gasteiger partial charge is 0.343 e. The van der Waals surface area contributed by atoms with Crippen LogP contribution in [0, 0.1) is 0 Å². The van der Waals surface area contributed by atoms with Crippen molar-refractivity contribution in [1.82, 2.24) is 20.3 Å². The summed E-state index contributed by atoms with van der Waals surface area (Å²) in [5.41, 5.74) is 3.20. The minimum atomic E-state index is -0.176. The first kappa shape index (κ1) is 15.9. The Morgan fingerprint density at radius 2 is 2.19 bits per heavy atom. The Kier molecular flexibility index (Phi) is 4.34. The number of hydrogen-bond donors (Lipinski definition) is 2. The van der Waals surface area contributed by atoms with Crippen LogP contribution in [-0.2, 0) is 13.0 Å². The smallest absolute Gasteiger partial charge is 0.295 e. The van der Waals surface area contributed by atoms with Crippen LogP contribution in [0.15, 0.2) is 67.5 Å². The SMILES string of the molecule is O=C(NCc1cnccn1)c1[nH]c(Cc2ccc[nH+]c2)[n+]2ccccc12. The lowest BCUT2D eigenvalue weighted by Gasteiger charge is -2.00. The van der Waals surface area contributed by atoms with Crippen LogP contribution in [0.2, 0.25) is 0 Å². The van der Waals surface area contributed by atoms with Gasteiger partial charge in [-0.25, -0.2) is 9.97 Å². The molecule has 1 amide bonds. The molecule has 0 atom stereocenters. The third-order valence-electron chi connectivity index (χ3n) is 4.09. The number of aromatic nitrogens is 5. The van der Waals surface area contributed by atoms with E-state index >= 15 is 0 Å². The zero-order chi connectivity index (χ0) is 17.8. The van der Waals surface area contributed by atoms with Crippen LogP contribution in [0.25, 0.3) is 5.52 Å². The van der Waals surface area contributed by atoms with Crippen molar-refractivity contribution in [1.29, 1.82) is 0 Å². The molecule has 0 saturated carbocycles. The topological polar surface area (TPSA) is 88.9 Å². The summed E-state index contributed by atoms with van der Waals surface area (Å²) in [4.78, 5) is 27.2. The highest BCUT2D eigenvalue weighted by atomic mass is 16.1. The van der Waals surface area contributed by atoms with Gasteiger partial charge in [-0.05, 0) is 18.2 Å². The molecule has 0 aliphatic heterocycles. The summed E-state index contributed by atoms with van der Waals surface area (Å²) in [5.74, 6) is 0.759. The van der Waals surface area contributed by atoms with Gasteiger partial charge in [-0.2, -0.15) is 4.40 Å². The number of H-pyrrole nitrogens is 2. The molecule has 128 valence electrons. The van der Waals surface area contributed by atoms with Crippen molar-refractivity contribution in [3.63, 3.8) is 0 Å². The molecule has 0 bridgehead atoms. The maximum Gasteiger partial charge on any atom is 0.295 e. The van der Waals surface area contributed by atoms with E-state index in [0.29, 0.717) is 24.4 Å². The first-order valence-electron chi connectivity index (χ1n) is 8.30. The van der Waals surface area contributed by atoms with Gasteiger partial charge < -0.3 is 5.32 Å². The second kappa shape index (κ2) is 7.10. The summed E-state index contributed by atoms with van der Waals surface area (Å²) in [5, 5.41) is 2.89. The molecule has 4 heterocycles. The van der Waals surface area contributed by atoms with E-state index in [1.54, 1.807) is 18.6 Å². The van der Waals surface area contributed by atoms with E-state index in [9.17, 15) is 4.79 Å². The Balaban J connectivity index is 1.61. The third-order valence-corrected chi connectivity index (χ3v) is 4.09. The number of pyridine rings is 2. The monoisotopic (exact) mass is 346 g/mol. The Bertz CT molecular complexity index is 1030. The lowest BCUT2D eigenvalue weighted by atomic mass is 10.2. The minimum Gasteiger partial charge on any atom is -0.343 e. The van der Waals surface area contributed by atoms with Gasteiger partial charge in [0.05, 0.1) is 31.1 Å². The first-order chi connectivity index (χ1) is 12.8. The molecule has 0 aromatic carbocycles. The molecule has 0 aliphatic carbocycles. The van der Waals surface area contributed by atoms with Crippen molar-refractivity contribution in [2.45, 2.75) is 13.0 Å². The van der Waals surface area contributed by atoms with Gasteiger partial charge in [0.2, 0.25) is 5.69 Å². The van der Waals surface area contributed by atoms with E-state index < -0.39 is 0 Å². The molecule has 0 saturated heterocycles. The van der Waals surface area contributed by atoms with Crippen LogP contribution in [0.5, 0.6) is 0 Å². The molecule has 4 aromatic rings. The van der Waals surface area contributed by atoms with Crippen LogP contribution in [0.4, 0.5) is 0 Å². The van der Waals surface area contributed by atoms with Crippen LogP contribution in [0.3, 0.4) is 0 Å². The Labute approximate surface area is 149 Å². The van der Waals surface area contributed by atoms with Gasteiger partial charge in [-0.1, -0.05) is 6.07 Å². The average molecular weight is 346 g/mol. The molecule has 0 fully saturated rings. The maximum absolute atomic E-state index is 12.7. The fourth-order valence-corrected chi connectivity index (χ4v) is 2.87. The summed E-state index contributed by atoms with van der Waals surface area (Å²) in [6.07, 6.45) is 11.3. The molecule has 26 heavy (non-hydrogen) atoms. The number of fused-ring (bicyclic) bond motifs is 1. The number of imidazole rings is 1. The van der Waals surface area contributed by atoms with Crippen LogP contribution in [-0.4, -0.2) is 20.9 Å². The highest BCUT2D eigenvalue weighted by Crippen LogP contribution is 2.10. The zero-order valence-electron chi connectivity index (χ0n) is 14.0. The minimum absolute atomic E-state index is 0.176. The quantitative estimate of drug-likeness (QED) is 0.526. The molecule has 0 radical (unpaired) electrons. The van der Waals surface area contributed by atoms with Gasteiger partial charge in [0.15, 0.2) is 17.9 Å². The molecule has 7 nitrogen and oxygen atoms in total. The molecule has 0 spiro atoms. The van der Waals surface area contributed by atoms with Gasteiger partial charge in [0, 0.05) is 24.0 Å². The molecule has 3 N–H and O–H groups in total. The predicted octanol–water partition coefficient (Wildman–Crippen LogP) is 0.878. The predicted molar refractivity (Wildman–Crippen MR) is 93.0 cm³/mol. The van der Waals surface area contributed by atoms with Gasteiger partial charge in [0.25, 0.3) is 11.7 Å². The summed E-state index contributed by atoms with van der Waals surface area (Å²) in [6, 6.07) is 9.79. The highest BCUT2D eigenvalue weighted by Gasteiger charge is 2.24. The van der Waals surface area contributed by atoms with Gasteiger partial charge in [0.1, 0.15) is 0 Å². The van der Waals surface area contributed by atoms with Crippen molar-refractivity contribution < 1.29 is 14.2 Å². The molecule has 0 unspecified atom stereocenters. The zero-order valence-corrected chi connectivity index (χ0v) is 14.0. The van der Waals surface area contributed by atoms with Crippen molar-refractivity contribution >= 4 is 11.4 Å². The number of carbonyl (C=O) groups is 1. The van der Waals surface area contributed by atoms with E-state index in [4.69, 9.17) is 0 Å². The van der Waals surface area contributed by atoms with Crippen LogP contribution < -0.4 is 14.7 Å². The fourth-order valence-electron chi connectivity index (χ4n) is 2.87. The number of rotatable bonds is 5. The third kappa shape index (κ3) is 3.27. The van der Waals surface area contributed by atoms with E-state index in [2.05, 4.69) is 25.3 Å². The van der Waals surface area contributed by atoms with E-state index in [-0.39, 0.29) is 5.91 Å². The average Bonchev–Trinajstić information content (AvgIpc) is 3.06. The number of aromatic amines is 2. The van der Waals surface area contributed by atoms with Crippen molar-refractivity contribution in [3.8, 4) is 0 Å². The first-order valence-corrected chi connectivity index (χ1v) is 8.30. The Morgan fingerprint density at radius 1 is 1.23 bits per heavy atom. The fraction of sp³-hybridized carbons (Fsp3) is 0.105. The maximum atomic E-state index is 12.7. The summed E-state index contributed by atoms with van der Waals surface area (Å²) in [7, 11) is 0. The van der Waals surface area contributed by atoms with E-state index in [0.717, 1.165) is 16.9 Å². The second-order valence-electron chi connectivity index (χ2n) is 5.87. The van der Waals surface area contributed by atoms with Crippen molar-refractivity contribution in [2.24, 2.45) is 0 Å². The lowest BCUT2D eigenvalue weighted by Crippen LogP contribution is -2.26. The van der Waals surface area contributed by atoms with Crippen molar-refractivity contribution in [3.05, 3.63) is 90.3 Å². The van der Waals surface area contributed by atoms with Crippen LogP contribution in [0.1, 0.15) is 27.6 Å². The van der Waals surface area contributed by atoms with Gasteiger partial charge in [-0.3, -0.25) is 14.8 Å². The summed E-state index contributed by atoms with van der Waals surface area (Å²) < 4.78 is 2.00. The molecule has 0 aliphatic rings. The summed E-state index contributed by atoms with van der Waals surface area (Å²) >= 11 is 0. The molecular formula is C19H18N6O+2. The van der Waals surface area contributed by atoms with Gasteiger partial charge in [-0.15, -0.1) is 0 Å². The summed E-state index contributed by atoms with van der Waals surface area (Å²) in [6.45, 7) is 0.327. The number of nitrogens with zero attached hydrogens (tertiary/aromatic N) is 3. The lowest BCUT2D eigenvalue weighted by molar-refractivity contribution is -0.520. The number of hydrogen-bond acceptors (Lipinski definition) is 3. The Hall–Kier alpha value is -3.61. The normalized spacial score (nSPS) is 10.8. The number of amides is 1. The second-order valence-corrected chi connectivity index (χ2v) is 5.87. The Morgan fingerprint density at radius 3 is 3.00 bits per heavy atom. The van der Waals surface area contributed by atoms with E-state index in [1.807, 2.05) is 53.3 Å². The molecule has 7 heteroatoms. The molecular weight excluding hydrogens is 328 g/mol. The van der Waals surface area contributed by atoms with E-state index in [1.165, 1.54) is 0 Å². The standard InChI is InChI=1S/C19H16N6O/c26-19(23-13-15-12-21-7-8-22-15)18-16-5-1-2-9-25(16)17(24-18)10-14-4-3-6-20-11-14/h1-9,11-12H,10,13H2,(H,23,26)/p+2. The molecule has 4 aromatic heterocycles.